The summed E-state index contributed by atoms with van der Waals surface area (Å²) in [5.74, 6) is 0.854. The van der Waals surface area contributed by atoms with Crippen LogP contribution in [0.25, 0.3) is 0 Å². The molecule has 1 aliphatic heterocycles. The Kier molecular flexibility index (Phi) is 3.19. The molecule has 0 saturated heterocycles. The monoisotopic (exact) mass is 222 g/mol. The zero-order valence-corrected chi connectivity index (χ0v) is 9.57. The normalized spacial score (nSPS) is 14.5. The Morgan fingerprint density at radius 1 is 1.50 bits per heavy atom. The van der Waals surface area contributed by atoms with Crippen molar-refractivity contribution in [3.8, 4) is 5.75 Å². The summed E-state index contributed by atoms with van der Waals surface area (Å²) in [4.78, 5) is 2.24. The number of ether oxygens (including phenoxy) is 1. The number of rotatable bonds is 3. The third-order valence-electron chi connectivity index (χ3n) is 2.89. The van der Waals surface area contributed by atoms with Gasteiger partial charge in [0.05, 0.1) is 12.2 Å². The molecule has 4 nitrogen and oxygen atoms in total. The molecule has 1 aliphatic rings. The second kappa shape index (κ2) is 4.61. The molecule has 2 rings (SSSR count). The molecule has 0 spiro atoms. The van der Waals surface area contributed by atoms with Crippen LogP contribution in [0.5, 0.6) is 5.75 Å². The number of fused-ring (bicyclic) bond motifs is 1. The number of nitrogens with two attached hydrogens (primary N) is 1. The van der Waals surface area contributed by atoms with Crippen LogP contribution < -0.4 is 15.4 Å². The Morgan fingerprint density at radius 2 is 2.31 bits per heavy atom. The number of aliphatic hydroxyl groups is 1. The lowest BCUT2D eigenvalue weighted by Gasteiger charge is -2.31. The van der Waals surface area contributed by atoms with E-state index in [0.29, 0.717) is 6.61 Å². The lowest BCUT2D eigenvalue weighted by molar-refractivity contribution is 0.279. The molecule has 0 unspecified atom stereocenters. The van der Waals surface area contributed by atoms with E-state index in [1.807, 2.05) is 13.0 Å². The minimum Gasteiger partial charge on any atom is -0.489 e. The highest BCUT2D eigenvalue weighted by Crippen LogP contribution is 2.35. The summed E-state index contributed by atoms with van der Waals surface area (Å²) in [7, 11) is 0. The molecular weight excluding hydrogens is 204 g/mol. The highest BCUT2D eigenvalue weighted by atomic mass is 16.5. The van der Waals surface area contributed by atoms with Crippen molar-refractivity contribution >= 4 is 11.4 Å². The molecule has 3 N–H and O–H groups in total. The van der Waals surface area contributed by atoms with Crippen LogP contribution in [-0.2, 0) is 0 Å². The summed E-state index contributed by atoms with van der Waals surface area (Å²) in [6.07, 6.45) is 0.781. The van der Waals surface area contributed by atoms with E-state index in [9.17, 15) is 0 Å². The van der Waals surface area contributed by atoms with Crippen LogP contribution >= 0.6 is 0 Å². The van der Waals surface area contributed by atoms with Gasteiger partial charge in [-0.3, -0.25) is 0 Å². The van der Waals surface area contributed by atoms with Crippen LogP contribution in [0.4, 0.5) is 11.4 Å². The predicted octanol–water partition coefficient (Wildman–Crippen LogP) is 1.16. The van der Waals surface area contributed by atoms with Crippen molar-refractivity contribution in [2.75, 3.05) is 36.9 Å². The number of aryl methyl sites for hydroxylation is 1. The van der Waals surface area contributed by atoms with Gasteiger partial charge in [0.1, 0.15) is 12.4 Å². The fraction of sp³-hybridized carbons (Fsp3) is 0.500. The number of nitrogens with zero attached hydrogens (tertiary/aromatic N) is 1. The van der Waals surface area contributed by atoms with Gasteiger partial charge in [-0.2, -0.15) is 0 Å². The van der Waals surface area contributed by atoms with E-state index in [1.54, 1.807) is 0 Å². The Labute approximate surface area is 95.6 Å². The summed E-state index contributed by atoms with van der Waals surface area (Å²) in [6.45, 7) is 4.63. The molecule has 4 heteroatoms. The number of aliphatic hydroxyl groups excluding tert-OH is 1. The maximum absolute atomic E-state index is 8.87. The number of nitrogen functional groups attached to an aromatic ring is 1. The third kappa shape index (κ3) is 2.07. The van der Waals surface area contributed by atoms with Crippen molar-refractivity contribution < 1.29 is 9.84 Å². The number of anilines is 2. The minimum absolute atomic E-state index is 0.223. The Morgan fingerprint density at radius 3 is 3.06 bits per heavy atom. The predicted molar refractivity (Wildman–Crippen MR) is 65.0 cm³/mol. The van der Waals surface area contributed by atoms with Gasteiger partial charge in [-0.1, -0.05) is 0 Å². The fourth-order valence-electron chi connectivity index (χ4n) is 1.93. The van der Waals surface area contributed by atoms with Gasteiger partial charge < -0.3 is 20.5 Å². The molecular formula is C12H18N2O2. The molecule has 0 saturated carbocycles. The zero-order valence-electron chi connectivity index (χ0n) is 9.57. The second-order valence-corrected chi connectivity index (χ2v) is 4.09. The zero-order chi connectivity index (χ0) is 11.5. The molecule has 0 radical (unpaired) electrons. The van der Waals surface area contributed by atoms with E-state index in [4.69, 9.17) is 15.6 Å². The first-order valence-electron chi connectivity index (χ1n) is 5.61. The number of benzene rings is 1. The van der Waals surface area contributed by atoms with Crippen LogP contribution in [0.2, 0.25) is 0 Å². The van der Waals surface area contributed by atoms with Crippen LogP contribution in [0, 0.1) is 6.92 Å². The average molecular weight is 222 g/mol. The molecule has 0 aromatic heterocycles. The molecule has 1 aromatic carbocycles. The standard InChI is InChI=1S/C12H18N2O2/c1-9-7-11-12(8-10(9)13)16-6-4-14(11)3-2-5-15/h7-8,15H,2-6,13H2,1H3. The molecule has 88 valence electrons. The Bertz CT molecular complexity index is 380. The summed E-state index contributed by atoms with van der Waals surface area (Å²) in [5.41, 5.74) is 8.77. The minimum atomic E-state index is 0.223. The van der Waals surface area contributed by atoms with Gasteiger partial charge in [-0.25, -0.2) is 0 Å². The van der Waals surface area contributed by atoms with E-state index in [-0.39, 0.29) is 6.61 Å². The summed E-state index contributed by atoms with van der Waals surface area (Å²) >= 11 is 0. The maximum Gasteiger partial charge on any atom is 0.144 e. The first-order valence-corrected chi connectivity index (χ1v) is 5.61. The Balaban J connectivity index is 2.27. The molecule has 1 heterocycles. The van der Waals surface area contributed by atoms with E-state index in [2.05, 4.69) is 11.0 Å². The molecule has 0 aliphatic carbocycles. The molecule has 16 heavy (non-hydrogen) atoms. The average Bonchev–Trinajstić information content (AvgIpc) is 2.28. The second-order valence-electron chi connectivity index (χ2n) is 4.09. The summed E-state index contributed by atoms with van der Waals surface area (Å²) in [5, 5.41) is 8.87. The number of hydrogen-bond acceptors (Lipinski definition) is 4. The first kappa shape index (κ1) is 11.1. The fourth-order valence-corrected chi connectivity index (χ4v) is 1.93. The molecule has 0 bridgehead atoms. The lowest BCUT2D eigenvalue weighted by atomic mass is 10.1. The van der Waals surface area contributed by atoms with Crippen molar-refractivity contribution in [3.63, 3.8) is 0 Å². The molecule has 0 fully saturated rings. The lowest BCUT2D eigenvalue weighted by Crippen LogP contribution is -2.34. The Hall–Kier alpha value is -1.42. The van der Waals surface area contributed by atoms with E-state index in [0.717, 1.165) is 42.2 Å². The van der Waals surface area contributed by atoms with Gasteiger partial charge in [-0.05, 0) is 25.0 Å². The van der Waals surface area contributed by atoms with Gasteiger partial charge in [-0.15, -0.1) is 0 Å². The summed E-state index contributed by atoms with van der Waals surface area (Å²) in [6, 6.07) is 3.94. The van der Waals surface area contributed by atoms with Gasteiger partial charge >= 0.3 is 0 Å². The van der Waals surface area contributed by atoms with Gasteiger partial charge in [0.25, 0.3) is 0 Å². The van der Waals surface area contributed by atoms with Crippen molar-refractivity contribution in [2.45, 2.75) is 13.3 Å². The van der Waals surface area contributed by atoms with E-state index in [1.165, 1.54) is 0 Å². The van der Waals surface area contributed by atoms with Gasteiger partial charge in [0.2, 0.25) is 0 Å². The van der Waals surface area contributed by atoms with Crippen molar-refractivity contribution in [1.82, 2.24) is 0 Å². The number of hydrogen-bond donors (Lipinski definition) is 2. The highest BCUT2D eigenvalue weighted by Gasteiger charge is 2.18. The van der Waals surface area contributed by atoms with Crippen LogP contribution in [0.15, 0.2) is 12.1 Å². The van der Waals surface area contributed by atoms with E-state index < -0.39 is 0 Å². The molecule has 0 atom stereocenters. The largest absolute Gasteiger partial charge is 0.489 e. The van der Waals surface area contributed by atoms with Crippen molar-refractivity contribution in [3.05, 3.63) is 17.7 Å². The van der Waals surface area contributed by atoms with Gasteiger partial charge in [0, 0.05) is 24.9 Å². The highest BCUT2D eigenvalue weighted by molar-refractivity contribution is 5.68. The van der Waals surface area contributed by atoms with Gasteiger partial charge in [0.15, 0.2) is 0 Å². The summed E-state index contributed by atoms with van der Waals surface area (Å²) < 4.78 is 5.59. The smallest absolute Gasteiger partial charge is 0.144 e. The van der Waals surface area contributed by atoms with Crippen molar-refractivity contribution in [1.29, 1.82) is 0 Å². The SMILES string of the molecule is Cc1cc2c(cc1N)OCCN2CCCO. The molecule has 1 aromatic rings. The molecule has 0 amide bonds. The quantitative estimate of drug-likeness (QED) is 0.753. The third-order valence-corrected chi connectivity index (χ3v) is 2.89. The van der Waals surface area contributed by atoms with Crippen LogP contribution in [0.3, 0.4) is 0 Å². The topological polar surface area (TPSA) is 58.7 Å². The van der Waals surface area contributed by atoms with Crippen LogP contribution in [0.1, 0.15) is 12.0 Å². The van der Waals surface area contributed by atoms with Crippen LogP contribution in [-0.4, -0.2) is 31.4 Å². The first-order chi connectivity index (χ1) is 7.72. The van der Waals surface area contributed by atoms with E-state index >= 15 is 0 Å². The van der Waals surface area contributed by atoms with Crippen molar-refractivity contribution in [2.24, 2.45) is 0 Å². The maximum atomic E-state index is 8.87.